The molecule has 0 radical (unpaired) electrons. The Bertz CT molecular complexity index is 508. The number of sulfone groups is 1. The van der Waals surface area contributed by atoms with Gasteiger partial charge in [-0.15, -0.1) is 0 Å². The van der Waals surface area contributed by atoms with Crippen molar-refractivity contribution in [3.63, 3.8) is 0 Å². The zero-order valence-electron chi connectivity index (χ0n) is 8.60. The summed E-state index contributed by atoms with van der Waals surface area (Å²) in [6.07, 6.45) is 0. The van der Waals surface area contributed by atoms with Crippen molar-refractivity contribution in [3.05, 3.63) is 35.1 Å². The van der Waals surface area contributed by atoms with Crippen LogP contribution in [0.25, 0.3) is 0 Å². The molecule has 88 valence electrons. The van der Waals surface area contributed by atoms with Crippen LogP contribution in [0.3, 0.4) is 0 Å². The molecule has 0 aliphatic heterocycles. The molecule has 0 aliphatic rings. The highest BCUT2D eigenvalue weighted by molar-refractivity contribution is 7.91. The van der Waals surface area contributed by atoms with E-state index in [9.17, 15) is 17.6 Å². The lowest BCUT2D eigenvalue weighted by Crippen LogP contribution is -2.17. The van der Waals surface area contributed by atoms with Gasteiger partial charge >= 0.3 is 5.97 Å². The second kappa shape index (κ2) is 4.61. The minimum absolute atomic E-state index is 0.384. The first-order valence-corrected chi connectivity index (χ1v) is 6.29. The maximum atomic E-state index is 12.7. The Labute approximate surface area is 92.6 Å². The molecule has 1 aromatic carbocycles. The molecule has 6 heteroatoms. The van der Waals surface area contributed by atoms with Crippen molar-refractivity contribution in [3.8, 4) is 0 Å². The van der Waals surface area contributed by atoms with Crippen LogP contribution in [-0.2, 0) is 20.4 Å². The molecule has 0 unspecified atom stereocenters. The standard InChI is InChI=1S/C10H11FO4S/c1-7-4-9(11)3-2-8(7)5-16(14,15)6-10(12)13/h2-4H,5-6H2,1H3,(H,12,13). The van der Waals surface area contributed by atoms with Crippen molar-refractivity contribution in [1.82, 2.24) is 0 Å². The molecule has 0 atom stereocenters. The Morgan fingerprint density at radius 1 is 1.44 bits per heavy atom. The molecule has 0 heterocycles. The van der Waals surface area contributed by atoms with E-state index in [1.165, 1.54) is 12.1 Å². The summed E-state index contributed by atoms with van der Waals surface area (Å²) in [5.74, 6) is -3.13. The van der Waals surface area contributed by atoms with Crippen LogP contribution in [0.1, 0.15) is 11.1 Å². The smallest absolute Gasteiger partial charge is 0.318 e. The maximum absolute atomic E-state index is 12.7. The zero-order valence-corrected chi connectivity index (χ0v) is 9.42. The van der Waals surface area contributed by atoms with Gasteiger partial charge in [0, 0.05) is 0 Å². The predicted octanol–water partition coefficient (Wildman–Crippen LogP) is 1.13. The fourth-order valence-electron chi connectivity index (χ4n) is 1.30. The number of aliphatic carboxylic acids is 1. The van der Waals surface area contributed by atoms with Gasteiger partial charge in [-0.2, -0.15) is 0 Å². The molecule has 0 aliphatic carbocycles. The normalized spacial score (nSPS) is 11.4. The van der Waals surface area contributed by atoms with Crippen LogP contribution in [0, 0.1) is 12.7 Å². The Kier molecular flexibility index (Phi) is 3.64. The topological polar surface area (TPSA) is 71.4 Å². The zero-order chi connectivity index (χ0) is 12.3. The summed E-state index contributed by atoms with van der Waals surface area (Å²) < 4.78 is 35.5. The summed E-state index contributed by atoms with van der Waals surface area (Å²) in [5.41, 5.74) is 0.914. The molecule has 0 fully saturated rings. The number of halogens is 1. The third-order valence-corrected chi connectivity index (χ3v) is 3.46. The van der Waals surface area contributed by atoms with Crippen LogP contribution >= 0.6 is 0 Å². The number of hydrogen-bond donors (Lipinski definition) is 1. The van der Waals surface area contributed by atoms with Crippen LogP contribution in [0.15, 0.2) is 18.2 Å². The average Bonchev–Trinajstić information content (AvgIpc) is 2.07. The molecule has 1 aromatic rings. The average molecular weight is 246 g/mol. The van der Waals surface area contributed by atoms with Gasteiger partial charge in [0.05, 0.1) is 5.75 Å². The largest absolute Gasteiger partial charge is 0.480 e. The highest BCUT2D eigenvalue weighted by Crippen LogP contribution is 2.13. The van der Waals surface area contributed by atoms with E-state index < -0.39 is 27.4 Å². The monoisotopic (exact) mass is 246 g/mol. The summed E-state index contributed by atoms with van der Waals surface area (Å²) in [6, 6.07) is 3.72. The van der Waals surface area contributed by atoms with E-state index in [-0.39, 0.29) is 5.75 Å². The van der Waals surface area contributed by atoms with Crippen LogP contribution in [0.4, 0.5) is 4.39 Å². The quantitative estimate of drug-likeness (QED) is 0.864. The number of carbonyl (C=O) groups is 1. The molecule has 0 bridgehead atoms. The first kappa shape index (κ1) is 12.6. The third kappa shape index (κ3) is 3.62. The number of benzene rings is 1. The van der Waals surface area contributed by atoms with Gasteiger partial charge in [0.15, 0.2) is 9.84 Å². The summed E-state index contributed by atoms with van der Waals surface area (Å²) in [7, 11) is -3.69. The highest BCUT2D eigenvalue weighted by atomic mass is 32.2. The molecule has 4 nitrogen and oxygen atoms in total. The predicted molar refractivity (Wildman–Crippen MR) is 56.3 cm³/mol. The van der Waals surface area contributed by atoms with Crippen molar-refractivity contribution in [1.29, 1.82) is 0 Å². The van der Waals surface area contributed by atoms with Gasteiger partial charge in [-0.05, 0) is 30.2 Å². The third-order valence-electron chi connectivity index (χ3n) is 2.02. The Balaban J connectivity index is 2.92. The molecule has 1 rings (SSSR count). The molecule has 0 saturated carbocycles. The number of rotatable bonds is 4. The number of carboxylic acids is 1. The van der Waals surface area contributed by atoms with Gasteiger partial charge < -0.3 is 5.11 Å². The summed E-state index contributed by atoms with van der Waals surface area (Å²) in [5, 5.41) is 8.40. The van der Waals surface area contributed by atoms with Crippen LogP contribution in [-0.4, -0.2) is 25.2 Å². The SMILES string of the molecule is Cc1cc(F)ccc1CS(=O)(=O)CC(=O)O. The van der Waals surface area contributed by atoms with Gasteiger partial charge in [-0.3, -0.25) is 4.79 Å². The number of aryl methyl sites for hydroxylation is 1. The number of carboxylic acid groups (broad SMARTS) is 1. The van der Waals surface area contributed by atoms with Crippen molar-refractivity contribution in [2.75, 3.05) is 5.75 Å². The van der Waals surface area contributed by atoms with Gasteiger partial charge in [0.25, 0.3) is 0 Å². The van der Waals surface area contributed by atoms with E-state index >= 15 is 0 Å². The Morgan fingerprint density at radius 3 is 2.56 bits per heavy atom. The van der Waals surface area contributed by atoms with E-state index in [1.54, 1.807) is 6.92 Å². The van der Waals surface area contributed by atoms with E-state index in [2.05, 4.69) is 0 Å². The molecule has 16 heavy (non-hydrogen) atoms. The Hall–Kier alpha value is -1.43. The molecule has 0 amide bonds. The molecular weight excluding hydrogens is 235 g/mol. The maximum Gasteiger partial charge on any atom is 0.318 e. The van der Waals surface area contributed by atoms with Crippen LogP contribution in [0.5, 0.6) is 0 Å². The van der Waals surface area contributed by atoms with Crippen molar-refractivity contribution >= 4 is 15.8 Å². The van der Waals surface area contributed by atoms with Gasteiger partial charge in [-0.1, -0.05) is 6.07 Å². The summed E-state index contributed by atoms with van der Waals surface area (Å²) in [4.78, 5) is 10.3. The van der Waals surface area contributed by atoms with Crippen LogP contribution in [0.2, 0.25) is 0 Å². The second-order valence-electron chi connectivity index (χ2n) is 3.50. The van der Waals surface area contributed by atoms with Gasteiger partial charge in [-0.25, -0.2) is 12.8 Å². The minimum atomic E-state index is -3.69. The van der Waals surface area contributed by atoms with E-state index in [1.807, 2.05) is 0 Å². The summed E-state index contributed by atoms with van der Waals surface area (Å²) in [6.45, 7) is 1.58. The van der Waals surface area contributed by atoms with E-state index in [0.717, 1.165) is 6.07 Å². The lowest BCUT2D eigenvalue weighted by Gasteiger charge is -2.05. The Morgan fingerprint density at radius 2 is 2.06 bits per heavy atom. The van der Waals surface area contributed by atoms with E-state index in [0.29, 0.717) is 11.1 Å². The van der Waals surface area contributed by atoms with Gasteiger partial charge in [0.1, 0.15) is 11.6 Å². The molecular formula is C10H11FO4S. The van der Waals surface area contributed by atoms with Gasteiger partial charge in [0.2, 0.25) is 0 Å². The first-order valence-electron chi connectivity index (χ1n) is 4.47. The van der Waals surface area contributed by atoms with E-state index in [4.69, 9.17) is 5.11 Å². The summed E-state index contributed by atoms with van der Waals surface area (Å²) >= 11 is 0. The number of hydrogen-bond acceptors (Lipinski definition) is 3. The van der Waals surface area contributed by atoms with Crippen molar-refractivity contribution in [2.24, 2.45) is 0 Å². The fourth-order valence-corrected chi connectivity index (χ4v) is 2.57. The lowest BCUT2D eigenvalue weighted by atomic mass is 10.1. The van der Waals surface area contributed by atoms with Crippen molar-refractivity contribution in [2.45, 2.75) is 12.7 Å². The molecule has 0 saturated heterocycles. The second-order valence-corrected chi connectivity index (χ2v) is 5.56. The van der Waals surface area contributed by atoms with Crippen LogP contribution < -0.4 is 0 Å². The molecule has 0 aromatic heterocycles. The minimum Gasteiger partial charge on any atom is -0.480 e. The highest BCUT2D eigenvalue weighted by Gasteiger charge is 2.17. The first-order chi connectivity index (χ1) is 7.30. The molecule has 1 N–H and O–H groups in total. The van der Waals surface area contributed by atoms with Crippen molar-refractivity contribution < 1.29 is 22.7 Å². The lowest BCUT2D eigenvalue weighted by molar-refractivity contribution is -0.134. The molecule has 0 spiro atoms. The fraction of sp³-hybridized carbons (Fsp3) is 0.300.